The van der Waals surface area contributed by atoms with Gasteiger partial charge >= 0.3 is 0 Å². The molecule has 1 saturated heterocycles. The molecule has 0 bridgehead atoms. The predicted octanol–water partition coefficient (Wildman–Crippen LogP) is 4.88. The van der Waals surface area contributed by atoms with Crippen LogP contribution in [-0.2, 0) is 0 Å². The van der Waals surface area contributed by atoms with Crippen LogP contribution in [0.5, 0.6) is 0 Å². The number of nitrogens with zero attached hydrogens (tertiary/aromatic N) is 2. The molecule has 0 saturated carbocycles. The zero-order chi connectivity index (χ0) is 17.1. The van der Waals surface area contributed by atoms with Crippen molar-refractivity contribution in [3.05, 3.63) is 52.3 Å². The molecule has 6 heteroatoms. The highest BCUT2D eigenvalue weighted by atomic mass is 35.5. The van der Waals surface area contributed by atoms with E-state index >= 15 is 0 Å². The summed E-state index contributed by atoms with van der Waals surface area (Å²) in [6.07, 6.45) is 4.23. The Morgan fingerprint density at radius 3 is 2.62 bits per heavy atom. The summed E-state index contributed by atoms with van der Waals surface area (Å²) < 4.78 is 0. The van der Waals surface area contributed by atoms with Crippen LogP contribution in [0.25, 0.3) is 0 Å². The summed E-state index contributed by atoms with van der Waals surface area (Å²) >= 11 is 11.9. The first kappa shape index (κ1) is 17.1. The number of pyridine rings is 1. The zero-order valence-electron chi connectivity index (χ0n) is 13.4. The van der Waals surface area contributed by atoms with Gasteiger partial charge in [0.15, 0.2) is 0 Å². The van der Waals surface area contributed by atoms with Gasteiger partial charge in [0.1, 0.15) is 5.69 Å². The van der Waals surface area contributed by atoms with Crippen LogP contribution in [0, 0.1) is 5.92 Å². The number of benzene rings is 1. The lowest BCUT2D eigenvalue weighted by Gasteiger charge is -2.32. The normalized spacial score (nSPS) is 17.6. The van der Waals surface area contributed by atoms with Gasteiger partial charge < -0.3 is 10.2 Å². The van der Waals surface area contributed by atoms with Gasteiger partial charge in [0, 0.05) is 28.8 Å². The molecule has 4 nitrogen and oxygen atoms in total. The smallest absolute Gasteiger partial charge is 0.274 e. The van der Waals surface area contributed by atoms with E-state index in [1.807, 2.05) is 6.07 Å². The molecule has 1 aromatic carbocycles. The fourth-order valence-corrected chi connectivity index (χ4v) is 3.48. The predicted molar refractivity (Wildman–Crippen MR) is 99.3 cm³/mol. The zero-order valence-corrected chi connectivity index (χ0v) is 14.9. The van der Waals surface area contributed by atoms with Crippen LogP contribution in [0.3, 0.4) is 0 Å². The van der Waals surface area contributed by atoms with E-state index in [-0.39, 0.29) is 5.91 Å². The molecule has 3 rings (SSSR count). The summed E-state index contributed by atoms with van der Waals surface area (Å²) in [7, 11) is 0. The van der Waals surface area contributed by atoms with Crippen LogP contribution in [0.15, 0.2) is 36.5 Å². The average Bonchev–Trinajstić information content (AvgIpc) is 2.54. The van der Waals surface area contributed by atoms with E-state index in [1.54, 1.807) is 30.5 Å². The quantitative estimate of drug-likeness (QED) is 0.845. The SMILES string of the molecule is CC1CCCN(c2ccc(C(=O)Nc3cc(Cl)cc(Cl)c3)nc2)C1. The van der Waals surface area contributed by atoms with E-state index in [9.17, 15) is 4.79 Å². The number of aromatic nitrogens is 1. The van der Waals surface area contributed by atoms with Crippen molar-refractivity contribution in [1.82, 2.24) is 4.98 Å². The second-order valence-corrected chi connectivity index (χ2v) is 7.08. The number of carbonyl (C=O) groups excluding carboxylic acids is 1. The third-order valence-corrected chi connectivity index (χ3v) is 4.56. The summed E-state index contributed by atoms with van der Waals surface area (Å²) in [6.45, 7) is 4.34. The van der Waals surface area contributed by atoms with Gasteiger partial charge in [-0.1, -0.05) is 30.1 Å². The Morgan fingerprint density at radius 1 is 1.25 bits per heavy atom. The number of piperidine rings is 1. The Hall–Kier alpha value is -1.78. The minimum atomic E-state index is -0.285. The van der Waals surface area contributed by atoms with E-state index in [4.69, 9.17) is 23.2 Å². The third-order valence-electron chi connectivity index (χ3n) is 4.12. The van der Waals surface area contributed by atoms with Crippen molar-refractivity contribution < 1.29 is 4.79 Å². The first-order chi connectivity index (χ1) is 11.5. The van der Waals surface area contributed by atoms with Crippen molar-refractivity contribution in [2.75, 3.05) is 23.3 Å². The van der Waals surface area contributed by atoms with Crippen LogP contribution in [-0.4, -0.2) is 24.0 Å². The fourth-order valence-electron chi connectivity index (χ4n) is 2.95. The number of carbonyl (C=O) groups is 1. The molecule has 1 aromatic heterocycles. The molecule has 126 valence electrons. The number of anilines is 2. The molecule has 1 N–H and O–H groups in total. The van der Waals surface area contributed by atoms with E-state index in [2.05, 4.69) is 22.1 Å². The third kappa shape index (κ3) is 4.19. The van der Waals surface area contributed by atoms with Crippen LogP contribution in [0.2, 0.25) is 10.0 Å². The monoisotopic (exact) mass is 363 g/mol. The Labute approximate surface area is 151 Å². The standard InChI is InChI=1S/C18H19Cl2N3O/c1-12-3-2-6-23(11-12)16-4-5-17(21-10-16)18(24)22-15-8-13(19)7-14(20)9-15/h4-5,7-10,12H,2-3,6,11H2,1H3,(H,22,24). The summed E-state index contributed by atoms with van der Waals surface area (Å²) in [4.78, 5) is 18.9. The van der Waals surface area contributed by atoms with Crippen LogP contribution in [0.1, 0.15) is 30.3 Å². The molecule has 1 aliphatic heterocycles. The summed E-state index contributed by atoms with van der Waals surface area (Å²) in [5.41, 5.74) is 1.97. The number of amides is 1. The van der Waals surface area contributed by atoms with Crippen LogP contribution >= 0.6 is 23.2 Å². The van der Waals surface area contributed by atoms with Crippen molar-refractivity contribution in [1.29, 1.82) is 0 Å². The van der Waals surface area contributed by atoms with Gasteiger partial charge in [-0.25, -0.2) is 4.98 Å². The van der Waals surface area contributed by atoms with Crippen molar-refractivity contribution in [3.8, 4) is 0 Å². The molecule has 1 aliphatic rings. The minimum absolute atomic E-state index is 0.285. The summed E-state index contributed by atoms with van der Waals surface area (Å²) in [5, 5.41) is 3.71. The molecular formula is C18H19Cl2N3O. The van der Waals surface area contributed by atoms with Gasteiger partial charge in [0.25, 0.3) is 5.91 Å². The number of rotatable bonds is 3. The van der Waals surface area contributed by atoms with E-state index in [0.717, 1.165) is 18.8 Å². The molecule has 1 unspecified atom stereocenters. The van der Waals surface area contributed by atoms with Gasteiger partial charge in [-0.15, -0.1) is 0 Å². The Morgan fingerprint density at radius 2 is 2.00 bits per heavy atom. The maximum Gasteiger partial charge on any atom is 0.274 e. The van der Waals surface area contributed by atoms with Gasteiger partial charge in [-0.3, -0.25) is 4.79 Å². The molecule has 2 aromatic rings. The van der Waals surface area contributed by atoms with Crippen LogP contribution < -0.4 is 10.2 Å². The first-order valence-corrected chi connectivity index (χ1v) is 8.75. The largest absolute Gasteiger partial charge is 0.370 e. The minimum Gasteiger partial charge on any atom is -0.370 e. The second-order valence-electron chi connectivity index (χ2n) is 6.21. The highest BCUT2D eigenvalue weighted by Gasteiger charge is 2.17. The lowest BCUT2D eigenvalue weighted by Crippen LogP contribution is -2.34. The molecule has 24 heavy (non-hydrogen) atoms. The highest BCUT2D eigenvalue weighted by Crippen LogP contribution is 2.24. The average molecular weight is 364 g/mol. The Bertz CT molecular complexity index is 713. The number of hydrogen-bond donors (Lipinski definition) is 1. The van der Waals surface area contributed by atoms with Crippen molar-refractivity contribution in [3.63, 3.8) is 0 Å². The summed E-state index contributed by atoms with van der Waals surface area (Å²) in [5.74, 6) is 0.404. The maximum absolute atomic E-state index is 12.3. The second kappa shape index (κ2) is 7.41. The van der Waals surface area contributed by atoms with Gasteiger partial charge in [-0.2, -0.15) is 0 Å². The van der Waals surface area contributed by atoms with Crippen LogP contribution in [0.4, 0.5) is 11.4 Å². The van der Waals surface area contributed by atoms with E-state index < -0.39 is 0 Å². The van der Waals surface area contributed by atoms with Crippen molar-refractivity contribution in [2.45, 2.75) is 19.8 Å². The topological polar surface area (TPSA) is 45.2 Å². The molecular weight excluding hydrogens is 345 g/mol. The first-order valence-electron chi connectivity index (χ1n) is 8.00. The molecule has 0 spiro atoms. The van der Waals surface area contributed by atoms with Gasteiger partial charge in [0.2, 0.25) is 0 Å². The molecule has 1 atom stereocenters. The maximum atomic E-state index is 12.3. The molecule has 1 amide bonds. The highest BCUT2D eigenvalue weighted by molar-refractivity contribution is 6.35. The molecule has 2 heterocycles. The van der Waals surface area contributed by atoms with Crippen molar-refractivity contribution in [2.24, 2.45) is 5.92 Å². The lowest BCUT2D eigenvalue weighted by atomic mass is 10.00. The Balaban J connectivity index is 1.69. The lowest BCUT2D eigenvalue weighted by molar-refractivity contribution is 0.102. The molecule has 0 aliphatic carbocycles. The van der Waals surface area contributed by atoms with Crippen molar-refractivity contribution >= 4 is 40.5 Å². The molecule has 1 fully saturated rings. The number of nitrogens with one attached hydrogen (secondary N) is 1. The van der Waals surface area contributed by atoms with E-state index in [1.165, 1.54) is 12.8 Å². The fraction of sp³-hybridized carbons (Fsp3) is 0.333. The molecule has 0 radical (unpaired) electrons. The van der Waals surface area contributed by atoms with E-state index in [0.29, 0.717) is 27.3 Å². The van der Waals surface area contributed by atoms with Gasteiger partial charge in [-0.05, 0) is 49.1 Å². The van der Waals surface area contributed by atoms with Gasteiger partial charge in [0.05, 0.1) is 11.9 Å². The number of hydrogen-bond acceptors (Lipinski definition) is 3. The number of halogens is 2. The summed E-state index contributed by atoms with van der Waals surface area (Å²) in [6, 6.07) is 8.61. The Kier molecular flexibility index (Phi) is 5.27.